The summed E-state index contributed by atoms with van der Waals surface area (Å²) in [7, 11) is 0. The first kappa shape index (κ1) is 14.8. The van der Waals surface area contributed by atoms with Gasteiger partial charge in [0.15, 0.2) is 0 Å². The molecule has 0 spiro atoms. The molecule has 1 aromatic rings. The smallest absolute Gasteiger partial charge is 0.337 e. The fourth-order valence-electron chi connectivity index (χ4n) is 1.74. The van der Waals surface area contributed by atoms with E-state index in [1.807, 2.05) is 13.8 Å². The lowest BCUT2D eigenvalue weighted by molar-refractivity contribution is -0.119. The molecule has 0 aliphatic rings. The third-order valence-electron chi connectivity index (χ3n) is 2.72. The Morgan fingerprint density at radius 1 is 1.37 bits per heavy atom. The van der Waals surface area contributed by atoms with Gasteiger partial charge < -0.3 is 21.1 Å². The van der Waals surface area contributed by atoms with Crippen molar-refractivity contribution in [2.75, 3.05) is 30.3 Å². The summed E-state index contributed by atoms with van der Waals surface area (Å²) in [6.45, 7) is 5.10. The zero-order valence-electron chi connectivity index (χ0n) is 11.1. The molecule has 6 heteroatoms. The second-order valence-corrected chi connectivity index (χ2v) is 4.04. The van der Waals surface area contributed by atoms with Crippen molar-refractivity contribution < 1.29 is 14.7 Å². The maximum absolute atomic E-state index is 11.6. The molecule has 6 nitrogen and oxygen atoms in total. The number of aromatic carboxylic acids is 1. The van der Waals surface area contributed by atoms with E-state index in [0.29, 0.717) is 18.8 Å². The number of amides is 1. The second-order valence-electron chi connectivity index (χ2n) is 4.04. The Labute approximate surface area is 112 Å². The molecule has 0 saturated heterocycles. The molecule has 104 valence electrons. The second kappa shape index (κ2) is 6.63. The van der Waals surface area contributed by atoms with E-state index in [-0.39, 0.29) is 23.7 Å². The Balaban J connectivity index is 2.95. The minimum atomic E-state index is -1.08. The molecule has 19 heavy (non-hydrogen) atoms. The van der Waals surface area contributed by atoms with Gasteiger partial charge in [0.2, 0.25) is 5.91 Å². The van der Waals surface area contributed by atoms with Crippen LogP contribution in [0, 0.1) is 0 Å². The average Bonchev–Trinajstić information content (AvgIpc) is 2.36. The van der Waals surface area contributed by atoms with Crippen LogP contribution < -0.4 is 16.0 Å². The Bertz CT molecular complexity index is 474. The number of carbonyl (C=O) groups is 2. The molecule has 1 aromatic carbocycles. The molecule has 0 bridgehead atoms. The van der Waals surface area contributed by atoms with Crippen LogP contribution in [-0.4, -0.2) is 36.6 Å². The van der Waals surface area contributed by atoms with Crippen molar-refractivity contribution in [3.8, 4) is 0 Å². The van der Waals surface area contributed by atoms with Gasteiger partial charge in [0, 0.05) is 24.5 Å². The number of rotatable bonds is 6. The summed E-state index contributed by atoms with van der Waals surface area (Å²) in [5.74, 6) is -1.17. The first-order valence-electron chi connectivity index (χ1n) is 6.14. The Morgan fingerprint density at radius 3 is 2.58 bits per heavy atom. The Kier molecular flexibility index (Phi) is 5.17. The van der Waals surface area contributed by atoms with Gasteiger partial charge in [-0.05, 0) is 32.0 Å². The lowest BCUT2D eigenvalue weighted by atomic mass is 10.1. The number of nitrogen functional groups attached to an aromatic ring is 1. The SMILES string of the molecule is CCNC(=O)CN(CC)c1ccc(N)c(C(=O)O)c1. The van der Waals surface area contributed by atoms with Gasteiger partial charge in [-0.15, -0.1) is 0 Å². The molecule has 1 rings (SSSR count). The summed E-state index contributed by atoms with van der Waals surface area (Å²) in [6.07, 6.45) is 0. The van der Waals surface area contributed by atoms with Crippen molar-refractivity contribution in [3.05, 3.63) is 23.8 Å². The molecule has 4 N–H and O–H groups in total. The molecule has 0 aromatic heterocycles. The molecule has 0 radical (unpaired) electrons. The molecular formula is C13H19N3O3. The number of benzene rings is 1. The largest absolute Gasteiger partial charge is 0.478 e. The average molecular weight is 265 g/mol. The molecular weight excluding hydrogens is 246 g/mol. The van der Waals surface area contributed by atoms with Crippen molar-refractivity contribution in [1.29, 1.82) is 0 Å². The number of carboxylic acid groups (broad SMARTS) is 1. The first-order valence-corrected chi connectivity index (χ1v) is 6.14. The Morgan fingerprint density at radius 2 is 2.05 bits per heavy atom. The summed E-state index contributed by atoms with van der Waals surface area (Å²) in [5, 5.41) is 11.7. The highest BCUT2D eigenvalue weighted by atomic mass is 16.4. The predicted octanol–water partition coefficient (Wildman–Crippen LogP) is 0.929. The topological polar surface area (TPSA) is 95.7 Å². The summed E-state index contributed by atoms with van der Waals surface area (Å²) < 4.78 is 0. The van der Waals surface area contributed by atoms with Crippen molar-refractivity contribution in [3.63, 3.8) is 0 Å². The maximum atomic E-state index is 11.6. The highest BCUT2D eigenvalue weighted by Crippen LogP contribution is 2.21. The normalized spacial score (nSPS) is 10.0. The standard InChI is InChI=1S/C13H19N3O3/c1-3-15-12(17)8-16(4-2)9-5-6-11(14)10(7-9)13(18)19/h5-7H,3-4,8,14H2,1-2H3,(H,15,17)(H,18,19). The lowest BCUT2D eigenvalue weighted by Crippen LogP contribution is -2.37. The van der Waals surface area contributed by atoms with E-state index >= 15 is 0 Å². The van der Waals surface area contributed by atoms with Crippen LogP contribution in [0.1, 0.15) is 24.2 Å². The van der Waals surface area contributed by atoms with Crippen molar-refractivity contribution in [2.24, 2.45) is 0 Å². The molecule has 0 aliphatic carbocycles. The van der Waals surface area contributed by atoms with Gasteiger partial charge in [0.25, 0.3) is 0 Å². The van der Waals surface area contributed by atoms with Gasteiger partial charge in [0.05, 0.1) is 12.1 Å². The number of nitrogens with zero attached hydrogens (tertiary/aromatic N) is 1. The van der Waals surface area contributed by atoms with Crippen LogP contribution in [0.5, 0.6) is 0 Å². The van der Waals surface area contributed by atoms with Crippen LogP contribution in [-0.2, 0) is 4.79 Å². The number of hydrogen-bond donors (Lipinski definition) is 3. The monoisotopic (exact) mass is 265 g/mol. The van der Waals surface area contributed by atoms with Gasteiger partial charge in [-0.1, -0.05) is 0 Å². The van der Waals surface area contributed by atoms with E-state index in [1.165, 1.54) is 6.07 Å². The molecule has 0 aliphatic heterocycles. The summed E-state index contributed by atoms with van der Waals surface area (Å²) in [6, 6.07) is 4.74. The van der Waals surface area contributed by atoms with Crippen LogP contribution in [0.3, 0.4) is 0 Å². The van der Waals surface area contributed by atoms with Gasteiger partial charge in [-0.25, -0.2) is 4.79 Å². The molecule has 1 amide bonds. The molecule has 0 fully saturated rings. The van der Waals surface area contributed by atoms with Crippen molar-refractivity contribution in [1.82, 2.24) is 5.32 Å². The first-order chi connectivity index (χ1) is 8.99. The highest BCUT2D eigenvalue weighted by Gasteiger charge is 2.13. The fraction of sp³-hybridized carbons (Fsp3) is 0.385. The lowest BCUT2D eigenvalue weighted by Gasteiger charge is -2.23. The summed E-state index contributed by atoms with van der Waals surface area (Å²) in [4.78, 5) is 24.4. The predicted molar refractivity (Wildman–Crippen MR) is 74.4 cm³/mol. The zero-order valence-corrected chi connectivity index (χ0v) is 11.1. The van der Waals surface area contributed by atoms with E-state index in [2.05, 4.69) is 5.32 Å². The van der Waals surface area contributed by atoms with Crippen LogP contribution in [0.2, 0.25) is 0 Å². The fourth-order valence-corrected chi connectivity index (χ4v) is 1.74. The van der Waals surface area contributed by atoms with E-state index < -0.39 is 5.97 Å². The third-order valence-corrected chi connectivity index (χ3v) is 2.72. The van der Waals surface area contributed by atoms with Gasteiger partial charge in [0.1, 0.15) is 0 Å². The molecule has 0 atom stereocenters. The van der Waals surface area contributed by atoms with Gasteiger partial charge >= 0.3 is 5.97 Å². The molecule has 0 saturated carbocycles. The molecule has 0 unspecified atom stereocenters. The maximum Gasteiger partial charge on any atom is 0.337 e. The minimum Gasteiger partial charge on any atom is -0.478 e. The van der Waals surface area contributed by atoms with E-state index in [4.69, 9.17) is 10.8 Å². The van der Waals surface area contributed by atoms with Crippen LogP contribution in [0.15, 0.2) is 18.2 Å². The van der Waals surface area contributed by atoms with E-state index in [9.17, 15) is 9.59 Å². The number of carbonyl (C=O) groups excluding carboxylic acids is 1. The molecule has 0 heterocycles. The highest BCUT2D eigenvalue weighted by molar-refractivity contribution is 5.95. The van der Waals surface area contributed by atoms with Crippen molar-refractivity contribution in [2.45, 2.75) is 13.8 Å². The number of hydrogen-bond acceptors (Lipinski definition) is 4. The van der Waals surface area contributed by atoms with Gasteiger partial charge in [-0.2, -0.15) is 0 Å². The zero-order chi connectivity index (χ0) is 14.4. The third kappa shape index (κ3) is 3.87. The number of nitrogens with one attached hydrogen (secondary N) is 1. The quantitative estimate of drug-likeness (QED) is 0.665. The summed E-state index contributed by atoms with van der Waals surface area (Å²) in [5.41, 5.74) is 6.53. The number of nitrogens with two attached hydrogens (primary N) is 1. The van der Waals surface area contributed by atoms with Crippen molar-refractivity contribution >= 4 is 23.3 Å². The minimum absolute atomic E-state index is 0.0480. The summed E-state index contributed by atoms with van der Waals surface area (Å²) >= 11 is 0. The van der Waals surface area contributed by atoms with Crippen LogP contribution in [0.4, 0.5) is 11.4 Å². The van der Waals surface area contributed by atoms with E-state index in [0.717, 1.165) is 0 Å². The van der Waals surface area contributed by atoms with Crippen LogP contribution in [0.25, 0.3) is 0 Å². The number of anilines is 2. The number of likely N-dealkylation sites (N-methyl/N-ethyl adjacent to an activating group) is 2. The van der Waals surface area contributed by atoms with E-state index in [1.54, 1.807) is 17.0 Å². The van der Waals surface area contributed by atoms with Gasteiger partial charge in [-0.3, -0.25) is 4.79 Å². The Hall–Kier alpha value is -2.24. The number of carboxylic acids is 1. The van der Waals surface area contributed by atoms with Crippen LogP contribution >= 0.6 is 0 Å².